The summed E-state index contributed by atoms with van der Waals surface area (Å²) in [5, 5.41) is 0. The average molecular weight is 198 g/mol. The minimum absolute atomic E-state index is 0.884. The van der Waals surface area contributed by atoms with E-state index in [-0.39, 0.29) is 0 Å². The first-order valence-corrected chi connectivity index (χ1v) is 6.57. The summed E-state index contributed by atoms with van der Waals surface area (Å²) >= 11 is 0. The Labute approximate surface area is 91.5 Å². The average Bonchev–Trinajstić information content (AvgIpc) is 2.33. The van der Waals surface area contributed by atoms with Crippen LogP contribution in [0.4, 0.5) is 0 Å². The van der Waals surface area contributed by atoms with Crippen molar-refractivity contribution in [3.05, 3.63) is 0 Å². The molecule has 0 heterocycles. The maximum Gasteiger partial charge on any atom is -0.0417 e. The normalized spacial score (nSPS) is 27.9. The van der Waals surface area contributed by atoms with Crippen molar-refractivity contribution in [3.8, 4) is 0 Å². The lowest BCUT2D eigenvalue weighted by atomic mass is 9.92. The molecule has 0 aromatic rings. The van der Waals surface area contributed by atoms with E-state index in [1.165, 1.54) is 38.5 Å². The third-order valence-electron chi connectivity index (χ3n) is 3.61. The van der Waals surface area contributed by atoms with Gasteiger partial charge in [0.25, 0.3) is 0 Å². The van der Waals surface area contributed by atoms with Crippen molar-refractivity contribution in [1.82, 2.24) is 0 Å². The van der Waals surface area contributed by atoms with Gasteiger partial charge >= 0.3 is 0 Å². The molecule has 0 nitrogen and oxygen atoms in total. The largest absolute Gasteiger partial charge is 0.0651 e. The van der Waals surface area contributed by atoms with Crippen molar-refractivity contribution in [2.75, 3.05) is 0 Å². The molecule has 1 aliphatic carbocycles. The summed E-state index contributed by atoms with van der Waals surface area (Å²) < 4.78 is 0. The van der Waals surface area contributed by atoms with Gasteiger partial charge in [-0.05, 0) is 17.8 Å². The summed E-state index contributed by atoms with van der Waals surface area (Å²) in [5.41, 5.74) is 0. The number of rotatable bonds is 1. The summed E-state index contributed by atoms with van der Waals surface area (Å²) in [7, 11) is 0. The molecule has 0 amide bonds. The monoisotopic (exact) mass is 198 g/mol. The van der Waals surface area contributed by atoms with Crippen molar-refractivity contribution in [3.63, 3.8) is 0 Å². The molecule has 0 spiro atoms. The second-order valence-electron chi connectivity index (χ2n) is 5.39. The second-order valence-corrected chi connectivity index (χ2v) is 5.39. The molecule has 2 unspecified atom stereocenters. The fraction of sp³-hybridized carbons (Fsp3) is 1.00. The molecular weight excluding hydrogens is 168 g/mol. The molecule has 2 atom stereocenters. The summed E-state index contributed by atoms with van der Waals surface area (Å²) in [6.45, 7) is 11.4. The molecular formula is C14H30. The van der Waals surface area contributed by atoms with Gasteiger partial charge in [0.1, 0.15) is 0 Å². The Bertz CT molecular complexity index is 105. The third-order valence-corrected chi connectivity index (χ3v) is 3.61. The SMILES string of the molecule is CC1CCCCCC1C.CCC(C)C. The van der Waals surface area contributed by atoms with Gasteiger partial charge in [0.2, 0.25) is 0 Å². The van der Waals surface area contributed by atoms with Gasteiger partial charge in [-0.15, -0.1) is 0 Å². The van der Waals surface area contributed by atoms with E-state index in [0.29, 0.717) is 0 Å². The van der Waals surface area contributed by atoms with Crippen molar-refractivity contribution < 1.29 is 0 Å². The lowest BCUT2D eigenvalue weighted by molar-refractivity contribution is 0.367. The van der Waals surface area contributed by atoms with Crippen LogP contribution in [0.25, 0.3) is 0 Å². The Balaban J connectivity index is 0.000000292. The third kappa shape index (κ3) is 7.41. The van der Waals surface area contributed by atoms with E-state index in [2.05, 4.69) is 34.6 Å². The zero-order valence-corrected chi connectivity index (χ0v) is 11.0. The maximum absolute atomic E-state index is 2.40. The Morgan fingerprint density at radius 1 is 0.929 bits per heavy atom. The second kappa shape index (κ2) is 8.32. The van der Waals surface area contributed by atoms with E-state index >= 15 is 0 Å². The van der Waals surface area contributed by atoms with Gasteiger partial charge < -0.3 is 0 Å². The molecule has 0 aromatic carbocycles. The van der Waals surface area contributed by atoms with Gasteiger partial charge in [-0.2, -0.15) is 0 Å². The highest BCUT2D eigenvalue weighted by molar-refractivity contribution is 4.66. The summed E-state index contributed by atoms with van der Waals surface area (Å²) in [5.74, 6) is 2.87. The smallest absolute Gasteiger partial charge is 0.0417 e. The molecule has 1 fully saturated rings. The molecule has 1 saturated carbocycles. The molecule has 14 heavy (non-hydrogen) atoms. The van der Waals surface area contributed by atoms with Crippen LogP contribution in [0.1, 0.15) is 73.1 Å². The highest BCUT2D eigenvalue weighted by Crippen LogP contribution is 2.27. The highest BCUT2D eigenvalue weighted by atomic mass is 14.2. The molecule has 0 aromatic heterocycles. The van der Waals surface area contributed by atoms with Crippen LogP contribution in [0.5, 0.6) is 0 Å². The van der Waals surface area contributed by atoms with Gasteiger partial charge in [0, 0.05) is 0 Å². The van der Waals surface area contributed by atoms with Crippen LogP contribution in [0.15, 0.2) is 0 Å². The zero-order chi connectivity index (χ0) is 11.0. The predicted octanol–water partition coefficient (Wildman–Crippen LogP) is 5.28. The van der Waals surface area contributed by atoms with Gasteiger partial charge in [0.15, 0.2) is 0 Å². The maximum atomic E-state index is 2.40. The quantitative estimate of drug-likeness (QED) is 0.503. The summed E-state index contributed by atoms with van der Waals surface area (Å²) in [6, 6.07) is 0. The van der Waals surface area contributed by atoms with Crippen molar-refractivity contribution in [2.24, 2.45) is 17.8 Å². The van der Waals surface area contributed by atoms with Crippen molar-refractivity contribution >= 4 is 0 Å². The first kappa shape index (κ1) is 14.0. The summed E-state index contributed by atoms with van der Waals surface area (Å²) in [4.78, 5) is 0. The fourth-order valence-electron chi connectivity index (χ4n) is 1.68. The molecule has 1 rings (SSSR count). The van der Waals surface area contributed by atoms with Crippen LogP contribution >= 0.6 is 0 Å². The van der Waals surface area contributed by atoms with Crippen LogP contribution in [0.2, 0.25) is 0 Å². The standard InChI is InChI=1S/C9H18.C5H12/c1-8-6-4-3-5-7-9(8)2;1-4-5(2)3/h8-9H,3-7H2,1-2H3;5H,4H2,1-3H3. The van der Waals surface area contributed by atoms with E-state index in [1.54, 1.807) is 0 Å². The van der Waals surface area contributed by atoms with Gasteiger partial charge in [-0.1, -0.05) is 73.1 Å². The van der Waals surface area contributed by atoms with Crippen LogP contribution < -0.4 is 0 Å². The molecule has 0 saturated heterocycles. The van der Waals surface area contributed by atoms with E-state index in [4.69, 9.17) is 0 Å². The van der Waals surface area contributed by atoms with Gasteiger partial charge in [-0.25, -0.2) is 0 Å². The van der Waals surface area contributed by atoms with E-state index in [1.807, 2.05) is 0 Å². The Morgan fingerprint density at radius 3 is 1.57 bits per heavy atom. The van der Waals surface area contributed by atoms with E-state index in [0.717, 1.165) is 17.8 Å². The molecule has 0 heteroatoms. The van der Waals surface area contributed by atoms with Crippen LogP contribution in [-0.4, -0.2) is 0 Å². The molecule has 0 aliphatic heterocycles. The van der Waals surface area contributed by atoms with Crippen molar-refractivity contribution in [1.29, 1.82) is 0 Å². The van der Waals surface area contributed by atoms with Gasteiger partial charge in [-0.3, -0.25) is 0 Å². The van der Waals surface area contributed by atoms with E-state index in [9.17, 15) is 0 Å². The van der Waals surface area contributed by atoms with Crippen LogP contribution in [0, 0.1) is 17.8 Å². The van der Waals surface area contributed by atoms with E-state index < -0.39 is 0 Å². The first-order valence-electron chi connectivity index (χ1n) is 6.57. The zero-order valence-electron chi connectivity index (χ0n) is 11.0. The Kier molecular flexibility index (Phi) is 8.32. The van der Waals surface area contributed by atoms with Crippen LogP contribution in [-0.2, 0) is 0 Å². The lowest BCUT2D eigenvalue weighted by Crippen LogP contribution is -2.04. The molecule has 86 valence electrons. The highest BCUT2D eigenvalue weighted by Gasteiger charge is 2.14. The van der Waals surface area contributed by atoms with Gasteiger partial charge in [0.05, 0.1) is 0 Å². The predicted molar refractivity (Wildman–Crippen MR) is 66.5 cm³/mol. The Morgan fingerprint density at radius 2 is 1.29 bits per heavy atom. The number of hydrogen-bond donors (Lipinski definition) is 0. The molecule has 0 N–H and O–H groups in total. The first-order chi connectivity index (χ1) is 6.57. The topological polar surface area (TPSA) is 0 Å². The van der Waals surface area contributed by atoms with Crippen LogP contribution in [0.3, 0.4) is 0 Å². The fourth-order valence-corrected chi connectivity index (χ4v) is 1.68. The Hall–Kier alpha value is 0. The van der Waals surface area contributed by atoms with Crippen molar-refractivity contribution in [2.45, 2.75) is 73.1 Å². The summed E-state index contributed by atoms with van der Waals surface area (Å²) in [6.07, 6.45) is 8.69. The minimum atomic E-state index is 0.884. The molecule has 1 aliphatic rings. The minimum Gasteiger partial charge on any atom is -0.0651 e. The lowest BCUT2D eigenvalue weighted by Gasteiger charge is -2.14. The molecule has 0 bridgehead atoms. The number of hydrogen-bond acceptors (Lipinski definition) is 0. The molecule has 0 radical (unpaired) electrons.